The van der Waals surface area contributed by atoms with Gasteiger partial charge in [-0.1, -0.05) is 52.4 Å². The van der Waals surface area contributed by atoms with Gasteiger partial charge in [-0.15, -0.1) is 10.2 Å². The molecule has 2 heterocycles. The van der Waals surface area contributed by atoms with Crippen molar-refractivity contribution in [1.29, 1.82) is 5.26 Å². The van der Waals surface area contributed by atoms with Crippen molar-refractivity contribution in [3.05, 3.63) is 80.7 Å². The lowest BCUT2D eigenvalue weighted by atomic mass is 9.76. The second-order valence-corrected chi connectivity index (χ2v) is 12.1. The molecular formula is C28H24Cl2N6O3S2. The van der Waals surface area contributed by atoms with Gasteiger partial charge in [0.2, 0.25) is 11.0 Å². The van der Waals surface area contributed by atoms with E-state index in [-0.39, 0.29) is 28.8 Å². The number of ether oxygens (including phenoxy) is 1. The Balaban J connectivity index is 1.38. The standard InChI is InChI=1S/C28H24Cl2N6O3S2/c1-2-39-17-9-7-16(8-10-17)33-23(38)14-40-28-35-34-27(41-28)36-21-4-3-5-22(37)25(21)24(18(13-31)26(36)32)15-6-11-19(29)20(30)12-15/h6-12,24H,2-5,14,32H2,1H3,(H,33,38). The fraction of sp³-hybridized carbons (Fsp3) is 0.250. The monoisotopic (exact) mass is 626 g/mol. The van der Waals surface area contributed by atoms with Crippen molar-refractivity contribution in [2.45, 2.75) is 36.4 Å². The third kappa shape index (κ3) is 6.06. The molecule has 1 unspecified atom stereocenters. The zero-order valence-corrected chi connectivity index (χ0v) is 25.0. The van der Waals surface area contributed by atoms with E-state index in [1.54, 1.807) is 47.4 Å². The van der Waals surface area contributed by atoms with E-state index in [9.17, 15) is 14.9 Å². The van der Waals surface area contributed by atoms with E-state index in [2.05, 4.69) is 21.6 Å². The van der Waals surface area contributed by atoms with E-state index in [0.29, 0.717) is 67.9 Å². The molecule has 0 fully saturated rings. The first-order valence-electron chi connectivity index (χ1n) is 12.7. The molecule has 1 aliphatic carbocycles. The van der Waals surface area contributed by atoms with Crippen LogP contribution in [0, 0.1) is 11.3 Å². The van der Waals surface area contributed by atoms with Gasteiger partial charge in [-0.3, -0.25) is 14.5 Å². The third-order valence-corrected chi connectivity index (χ3v) is 9.33. The molecule has 1 aromatic heterocycles. The molecule has 41 heavy (non-hydrogen) atoms. The van der Waals surface area contributed by atoms with Crippen molar-refractivity contribution >= 4 is 68.8 Å². The molecule has 0 bridgehead atoms. The first kappa shape index (κ1) is 29.0. The van der Waals surface area contributed by atoms with Crippen LogP contribution in [0.15, 0.2) is 69.5 Å². The minimum absolute atomic E-state index is 0.0577. The van der Waals surface area contributed by atoms with Gasteiger partial charge in [0.1, 0.15) is 11.6 Å². The Labute approximate surface area is 255 Å². The summed E-state index contributed by atoms with van der Waals surface area (Å²) < 4.78 is 5.97. The largest absolute Gasteiger partial charge is 0.494 e. The van der Waals surface area contributed by atoms with Crippen molar-refractivity contribution in [3.8, 4) is 11.8 Å². The molecule has 2 aromatic carbocycles. The highest BCUT2D eigenvalue weighted by Crippen LogP contribution is 2.47. The summed E-state index contributed by atoms with van der Waals surface area (Å²) in [6.07, 6.45) is 1.58. The van der Waals surface area contributed by atoms with E-state index in [0.717, 1.165) is 5.75 Å². The van der Waals surface area contributed by atoms with Crippen molar-refractivity contribution in [1.82, 2.24) is 10.2 Å². The summed E-state index contributed by atoms with van der Waals surface area (Å²) in [4.78, 5) is 27.5. The topological polar surface area (TPSA) is 134 Å². The van der Waals surface area contributed by atoms with E-state index < -0.39 is 5.92 Å². The highest BCUT2D eigenvalue weighted by atomic mass is 35.5. The Bertz CT molecular complexity index is 1610. The van der Waals surface area contributed by atoms with Crippen molar-refractivity contribution in [3.63, 3.8) is 0 Å². The summed E-state index contributed by atoms with van der Waals surface area (Å²) in [5, 5.41) is 22.7. The number of halogens is 2. The number of nitrogens with one attached hydrogen (secondary N) is 1. The quantitative estimate of drug-likeness (QED) is 0.277. The molecule has 3 aromatic rings. The maximum atomic E-state index is 13.3. The highest BCUT2D eigenvalue weighted by molar-refractivity contribution is 8.01. The van der Waals surface area contributed by atoms with Crippen molar-refractivity contribution < 1.29 is 14.3 Å². The number of amides is 1. The van der Waals surface area contributed by atoms with E-state index >= 15 is 0 Å². The van der Waals surface area contributed by atoms with Gasteiger partial charge in [-0.05, 0) is 61.7 Å². The van der Waals surface area contributed by atoms with Crippen molar-refractivity contribution in [2.75, 3.05) is 22.6 Å². The predicted octanol–water partition coefficient (Wildman–Crippen LogP) is 6.28. The van der Waals surface area contributed by atoms with Crippen LogP contribution in [0.1, 0.15) is 37.7 Å². The van der Waals surface area contributed by atoms with Crippen LogP contribution in [0.25, 0.3) is 0 Å². The Morgan fingerprint density at radius 2 is 2.00 bits per heavy atom. The number of nitrogens with zero attached hydrogens (tertiary/aromatic N) is 4. The van der Waals surface area contributed by atoms with E-state index in [1.165, 1.54) is 23.1 Å². The summed E-state index contributed by atoms with van der Waals surface area (Å²) in [6.45, 7) is 2.47. The Morgan fingerprint density at radius 3 is 2.71 bits per heavy atom. The van der Waals surface area contributed by atoms with Crippen LogP contribution in [0.5, 0.6) is 5.75 Å². The summed E-state index contributed by atoms with van der Waals surface area (Å²) in [6, 6.07) is 14.4. The molecule has 0 saturated carbocycles. The Morgan fingerprint density at radius 1 is 1.22 bits per heavy atom. The number of ketones is 1. The number of thioether (sulfide) groups is 1. The molecule has 9 nitrogen and oxygen atoms in total. The second-order valence-electron chi connectivity index (χ2n) is 9.13. The molecule has 1 amide bonds. The lowest BCUT2D eigenvalue weighted by Gasteiger charge is -2.38. The second kappa shape index (κ2) is 12.5. The average Bonchev–Trinajstić information content (AvgIpc) is 3.42. The van der Waals surface area contributed by atoms with E-state index in [4.69, 9.17) is 33.7 Å². The number of hydrogen-bond donors (Lipinski definition) is 2. The van der Waals surface area contributed by atoms with Crippen molar-refractivity contribution in [2.24, 2.45) is 5.73 Å². The number of hydrogen-bond acceptors (Lipinski definition) is 10. The van der Waals surface area contributed by atoms with Gasteiger partial charge < -0.3 is 15.8 Å². The first-order valence-corrected chi connectivity index (χ1v) is 15.3. The Hall–Kier alpha value is -3.56. The zero-order chi connectivity index (χ0) is 29.1. The number of nitrogens with two attached hydrogens (primary N) is 1. The van der Waals surface area contributed by atoms with Crippen LogP contribution in [0.2, 0.25) is 10.0 Å². The van der Waals surface area contributed by atoms with Gasteiger partial charge in [0.15, 0.2) is 10.1 Å². The van der Waals surface area contributed by atoms with Gasteiger partial charge in [-0.25, -0.2) is 0 Å². The fourth-order valence-corrected chi connectivity index (χ4v) is 6.79. The lowest BCUT2D eigenvalue weighted by molar-refractivity contribution is -0.116. The number of carbonyl (C=O) groups excluding carboxylic acids is 2. The normalized spacial score (nSPS) is 16.9. The summed E-state index contributed by atoms with van der Waals surface area (Å²) >= 11 is 14.9. The van der Waals surface area contributed by atoms with Crippen LogP contribution < -0.4 is 20.7 Å². The van der Waals surface area contributed by atoms with Crippen LogP contribution in [0.4, 0.5) is 10.8 Å². The van der Waals surface area contributed by atoms with Crippen LogP contribution >= 0.6 is 46.3 Å². The zero-order valence-electron chi connectivity index (χ0n) is 21.8. The molecular weight excluding hydrogens is 603 g/mol. The number of nitriles is 1. The molecule has 210 valence electrons. The van der Waals surface area contributed by atoms with Crippen LogP contribution in [-0.4, -0.2) is 34.2 Å². The molecule has 3 N–H and O–H groups in total. The smallest absolute Gasteiger partial charge is 0.234 e. The number of benzene rings is 2. The minimum atomic E-state index is -0.665. The molecule has 1 atom stereocenters. The molecule has 0 radical (unpaired) electrons. The summed E-state index contributed by atoms with van der Waals surface area (Å²) in [5.74, 6) is 0.0978. The number of Topliss-reactive ketones (excluding diaryl/α,β-unsaturated/α-hetero) is 1. The maximum Gasteiger partial charge on any atom is 0.234 e. The van der Waals surface area contributed by atoms with Crippen LogP contribution in [-0.2, 0) is 9.59 Å². The number of aromatic nitrogens is 2. The molecule has 1 aliphatic heterocycles. The maximum absolute atomic E-state index is 13.3. The predicted molar refractivity (Wildman–Crippen MR) is 161 cm³/mol. The number of allylic oxidation sites excluding steroid dienone is 3. The fourth-order valence-electron chi connectivity index (χ4n) is 4.81. The molecule has 0 saturated heterocycles. The van der Waals surface area contributed by atoms with Gasteiger partial charge in [-0.2, -0.15) is 5.26 Å². The third-order valence-electron chi connectivity index (χ3n) is 6.55. The minimum Gasteiger partial charge on any atom is -0.494 e. The average molecular weight is 628 g/mol. The molecule has 0 spiro atoms. The number of rotatable bonds is 8. The molecule has 13 heteroatoms. The lowest BCUT2D eigenvalue weighted by Crippen LogP contribution is -2.38. The van der Waals surface area contributed by atoms with Gasteiger partial charge in [0.25, 0.3) is 0 Å². The summed E-state index contributed by atoms with van der Waals surface area (Å²) in [5.41, 5.74) is 9.32. The Kier molecular flexibility index (Phi) is 8.85. The SMILES string of the molecule is CCOc1ccc(NC(=O)CSc2nnc(N3C(N)=C(C#N)C(c4ccc(Cl)c(Cl)c4)C4=C3CCCC4=O)s2)cc1. The van der Waals surface area contributed by atoms with Gasteiger partial charge >= 0.3 is 0 Å². The summed E-state index contributed by atoms with van der Waals surface area (Å²) in [7, 11) is 0. The highest BCUT2D eigenvalue weighted by Gasteiger charge is 2.41. The number of carbonyl (C=O) groups is 2. The van der Waals surface area contributed by atoms with E-state index in [1.807, 2.05) is 6.92 Å². The first-order chi connectivity index (χ1) is 19.8. The molecule has 2 aliphatic rings. The van der Waals surface area contributed by atoms with Gasteiger partial charge in [0.05, 0.1) is 40.0 Å². The molecule has 5 rings (SSSR count). The van der Waals surface area contributed by atoms with Crippen LogP contribution in [0.3, 0.4) is 0 Å². The van der Waals surface area contributed by atoms with Gasteiger partial charge in [0, 0.05) is 23.4 Å². The number of anilines is 2.